The highest BCUT2D eigenvalue weighted by molar-refractivity contribution is 5.94. The van der Waals surface area contributed by atoms with Gasteiger partial charge in [0.2, 0.25) is 17.7 Å². The average molecular weight is 632 g/mol. The van der Waals surface area contributed by atoms with Crippen LogP contribution >= 0.6 is 0 Å². The van der Waals surface area contributed by atoms with Crippen LogP contribution in [0.4, 0.5) is 0 Å². The number of para-hydroxylation sites is 1. The van der Waals surface area contributed by atoms with Gasteiger partial charge in [-0.3, -0.25) is 19.2 Å². The zero-order chi connectivity index (χ0) is 32.8. The van der Waals surface area contributed by atoms with E-state index < -0.39 is 18.1 Å². The molecule has 2 aliphatic heterocycles. The Bertz CT molecular complexity index is 1550. The number of methoxy groups -OCH3 is 1. The van der Waals surface area contributed by atoms with Crippen LogP contribution in [0.15, 0.2) is 54.7 Å². The number of nitrogens with one attached hydrogen (secondary N) is 4. The van der Waals surface area contributed by atoms with Crippen LogP contribution < -0.4 is 25.4 Å². The van der Waals surface area contributed by atoms with E-state index in [9.17, 15) is 19.2 Å². The number of carbonyl (C=O) groups is 4. The van der Waals surface area contributed by atoms with Crippen LogP contribution in [-0.4, -0.2) is 77.9 Å². The van der Waals surface area contributed by atoms with Gasteiger partial charge in [0.1, 0.15) is 23.6 Å². The predicted molar refractivity (Wildman–Crippen MR) is 174 cm³/mol. The van der Waals surface area contributed by atoms with E-state index in [-0.39, 0.29) is 73.9 Å². The molecule has 11 heteroatoms. The minimum absolute atomic E-state index is 0.0846. The van der Waals surface area contributed by atoms with Crippen molar-refractivity contribution in [3.63, 3.8) is 0 Å². The van der Waals surface area contributed by atoms with Gasteiger partial charge in [0.25, 0.3) is 5.91 Å². The van der Waals surface area contributed by atoms with Crippen LogP contribution in [0, 0.1) is 11.8 Å². The van der Waals surface area contributed by atoms with Gasteiger partial charge in [0, 0.05) is 54.6 Å². The summed E-state index contributed by atoms with van der Waals surface area (Å²) in [4.78, 5) is 59.2. The number of fused-ring (bicyclic) bond motifs is 2. The predicted octanol–water partition coefficient (Wildman–Crippen LogP) is 3.33. The van der Waals surface area contributed by atoms with Gasteiger partial charge in [0.15, 0.2) is 6.61 Å². The highest BCUT2D eigenvalue weighted by Crippen LogP contribution is 2.26. The fourth-order valence-electron chi connectivity index (χ4n) is 6.45. The SMILES string of the molecule is COc1cccc(OCC(=O)N[C@@H]2C[C@H]3C(=O)N[C@H](C(C)C)CC[C@@H](C)CC(=O)N[C@H](Cc4c[nH]c5ccccc45)C(=O)N3C2)c1. The zero-order valence-corrected chi connectivity index (χ0v) is 27.0. The van der Waals surface area contributed by atoms with E-state index in [1.54, 1.807) is 31.4 Å². The summed E-state index contributed by atoms with van der Waals surface area (Å²) in [5, 5.41) is 10.1. The quantitative estimate of drug-likeness (QED) is 0.301. The third kappa shape index (κ3) is 7.99. The van der Waals surface area contributed by atoms with Crippen molar-refractivity contribution in [2.75, 3.05) is 20.3 Å². The van der Waals surface area contributed by atoms with Crippen LogP contribution in [0.5, 0.6) is 11.5 Å². The molecule has 0 spiro atoms. The lowest BCUT2D eigenvalue weighted by Gasteiger charge is -2.30. The van der Waals surface area contributed by atoms with Crippen molar-refractivity contribution in [3.8, 4) is 11.5 Å². The van der Waals surface area contributed by atoms with Crippen LogP contribution in [-0.2, 0) is 25.6 Å². The van der Waals surface area contributed by atoms with E-state index in [0.717, 1.165) is 29.3 Å². The van der Waals surface area contributed by atoms with E-state index in [1.807, 2.05) is 37.4 Å². The first kappa shape index (κ1) is 32.8. The van der Waals surface area contributed by atoms with Gasteiger partial charge in [-0.05, 0) is 54.9 Å². The molecule has 3 aromatic rings. The summed E-state index contributed by atoms with van der Waals surface area (Å²) >= 11 is 0. The Morgan fingerprint density at radius 1 is 1.04 bits per heavy atom. The number of aromatic nitrogens is 1. The van der Waals surface area contributed by atoms with Gasteiger partial charge in [0.05, 0.1) is 7.11 Å². The number of carbonyl (C=O) groups excluding carboxylic acids is 4. The third-order valence-electron chi connectivity index (χ3n) is 9.03. The molecule has 2 aliphatic rings. The van der Waals surface area contributed by atoms with Crippen molar-refractivity contribution < 1.29 is 28.7 Å². The molecule has 1 aromatic heterocycles. The fourth-order valence-corrected chi connectivity index (χ4v) is 6.45. The molecule has 0 unspecified atom stereocenters. The number of hydrogen-bond acceptors (Lipinski definition) is 6. The minimum Gasteiger partial charge on any atom is -0.497 e. The Morgan fingerprint density at radius 2 is 1.83 bits per heavy atom. The van der Waals surface area contributed by atoms with Gasteiger partial charge in [-0.25, -0.2) is 0 Å². The molecule has 3 heterocycles. The number of amides is 4. The second-order valence-electron chi connectivity index (χ2n) is 12.9. The molecule has 0 bridgehead atoms. The third-order valence-corrected chi connectivity index (χ3v) is 9.03. The Balaban J connectivity index is 1.38. The summed E-state index contributed by atoms with van der Waals surface area (Å²) < 4.78 is 10.9. The monoisotopic (exact) mass is 631 g/mol. The molecule has 4 N–H and O–H groups in total. The summed E-state index contributed by atoms with van der Waals surface area (Å²) in [7, 11) is 1.55. The lowest BCUT2D eigenvalue weighted by atomic mass is 9.92. The molecular weight excluding hydrogens is 586 g/mol. The maximum absolute atomic E-state index is 14.4. The summed E-state index contributed by atoms with van der Waals surface area (Å²) in [5.41, 5.74) is 1.83. The molecule has 0 aliphatic carbocycles. The second-order valence-corrected chi connectivity index (χ2v) is 12.9. The number of H-pyrrole nitrogens is 1. The summed E-state index contributed by atoms with van der Waals surface area (Å²) in [5.74, 6) is 0.188. The lowest BCUT2D eigenvalue weighted by molar-refractivity contribution is -0.141. The Hall–Kier alpha value is -4.54. The highest BCUT2D eigenvalue weighted by atomic mass is 16.5. The van der Waals surface area contributed by atoms with Crippen molar-refractivity contribution in [1.82, 2.24) is 25.8 Å². The van der Waals surface area contributed by atoms with Gasteiger partial charge in [-0.2, -0.15) is 0 Å². The minimum atomic E-state index is -0.887. The lowest BCUT2D eigenvalue weighted by Crippen LogP contribution is -2.55. The smallest absolute Gasteiger partial charge is 0.258 e. The summed E-state index contributed by atoms with van der Waals surface area (Å²) in [6.45, 7) is 6.03. The van der Waals surface area contributed by atoms with Crippen LogP contribution in [0.3, 0.4) is 0 Å². The Morgan fingerprint density at radius 3 is 2.61 bits per heavy atom. The van der Waals surface area contributed by atoms with Crippen molar-refractivity contribution in [1.29, 1.82) is 0 Å². The fraction of sp³-hybridized carbons (Fsp3) is 0.486. The number of ether oxygens (including phenoxy) is 2. The topological polar surface area (TPSA) is 142 Å². The highest BCUT2D eigenvalue weighted by Gasteiger charge is 2.43. The molecule has 2 fully saturated rings. The van der Waals surface area contributed by atoms with E-state index in [4.69, 9.17) is 9.47 Å². The van der Waals surface area contributed by atoms with Crippen LogP contribution in [0.1, 0.15) is 52.0 Å². The van der Waals surface area contributed by atoms with E-state index in [0.29, 0.717) is 11.5 Å². The molecule has 0 saturated carbocycles. The van der Waals surface area contributed by atoms with Crippen molar-refractivity contribution in [2.45, 2.75) is 77.0 Å². The molecule has 2 aromatic carbocycles. The largest absolute Gasteiger partial charge is 0.497 e. The summed E-state index contributed by atoms with van der Waals surface area (Å²) in [6.07, 6.45) is 4.13. The van der Waals surface area contributed by atoms with E-state index in [1.165, 1.54) is 4.90 Å². The Labute approximate surface area is 269 Å². The van der Waals surface area contributed by atoms with Gasteiger partial charge < -0.3 is 35.3 Å². The second kappa shape index (κ2) is 14.7. The number of hydrogen-bond donors (Lipinski definition) is 4. The standard InChI is InChI=1S/C35H45N5O6/c1-21(2)28-13-12-22(3)14-32(41)38-30(15-23-18-36-29-11-6-5-10-27(23)29)35(44)40-19-24(16-31(40)34(43)39-28)37-33(42)20-46-26-9-7-8-25(17-26)45-4/h5-11,17-18,21-22,24,28,30-31,36H,12-16,19-20H2,1-4H3,(H,37,42)(H,38,41)(H,39,43)/t22-,24-,28+,30-,31+/m1/s1. The number of rotatable bonds is 8. The zero-order valence-electron chi connectivity index (χ0n) is 27.0. The van der Waals surface area contributed by atoms with Crippen molar-refractivity contribution in [3.05, 3.63) is 60.3 Å². The molecule has 4 amide bonds. The molecule has 5 rings (SSSR count). The van der Waals surface area contributed by atoms with Crippen molar-refractivity contribution in [2.24, 2.45) is 11.8 Å². The van der Waals surface area contributed by atoms with E-state index in [2.05, 4.69) is 34.8 Å². The first-order valence-electron chi connectivity index (χ1n) is 16.1. The maximum atomic E-state index is 14.4. The number of aromatic amines is 1. The van der Waals surface area contributed by atoms with Crippen LogP contribution in [0.25, 0.3) is 10.9 Å². The number of benzene rings is 2. The Kier molecular flexibility index (Phi) is 10.5. The van der Waals surface area contributed by atoms with Crippen molar-refractivity contribution >= 4 is 34.5 Å². The van der Waals surface area contributed by atoms with Crippen LogP contribution in [0.2, 0.25) is 0 Å². The molecule has 0 radical (unpaired) electrons. The molecule has 46 heavy (non-hydrogen) atoms. The van der Waals surface area contributed by atoms with Gasteiger partial charge in [-0.1, -0.05) is 45.0 Å². The normalized spacial score (nSPS) is 24.3. The molecular formula is C35H45N5O6. The number of nitrogens with zero attached hydrogens (tertiary/aromatic N) is 1. The first-order chi connectivity index (χ1) is 22.1. The molecule has 246 valence electrons. The first-order valence-corrected chi connectivity index (χ1v) is 16.1. The van der Waals surface area contributed by atoms with E-state index >= 15 is 0 Å². The molecule has 5 atom stereocenters. The summed E-state index contributed by atoms with van der Waals surface area (Å²) in [6, 6.07) is 12.5. The molecule has 2 saturated heterocycles. The van der Waals surface area contributed by atoms with Gasteiger partial charge in [-0.15, -0.1) is 0 Å². The average Bonchev–Trinajstić information content (AvgIpc) is 3.65. The van der Waals surface area contributed by atoms with Gasteiger partial charge >= 0.3 is 0 Å². The molecule has 11 nitrogen and oxygen atoms in total. The maximum Gasteiger partial charge on any atom is 0.258 e.